The largest absolute Gasteiger partial charge is 0.389 e. The Morgan fingerprint density at radius 1 is 1.32 bits per heavy atom. The Labute approximate surface area is 123 Å². The highest BCUT2D eigenvalue weighted by molar-refractivity contribution is 5.27. The van der Waals surface area contributed by atoms with E-state index in [-0.39, 0.29) is 0 Å². The molecular formula is C17H27NO. The first-order chi connectivity index (χ1) is 10.7. The van der Waals surface area contributed by atoms with Crippen molar-refractivity contribution in [2.24, 2.45) is 0 Å². The average Bonchev–Trinajstić information content (AvgIpc) is 2.49. The van der Waals surface area contributed by atoms with Crippen LogP contribution in [0.4, 0.5) is 0 Å². The monoisotopic (exact) mass is 265 g/mol. The molecule has 0 heterocycles. The molecule has 0 spiro atoms. The molecule has 0 amide bonds. The van der Waals surface area contributed by atoms with Gasteiger partial charge in [-0.25, -0.2) is 0 Å². The molecule has 1 atom stereocenters. The smallest absolute Gasteiger partial charge is 0.0728 e. The van der Waals surface area contributed by atoms with Crippen LogP contribution >= 0.6 is 0 Å². The maximum absolute atomic E-state index is 11.2. The summed E-state index contributed by atoms with van der Waals surface area (Å²) in [5.74, 6) is -0.779. The van der Waals surface area contributed by atoms with Crippen LogP contribution in [0.2, 0.25) is 0 Å². The minimum atomic E-state index is -1.98. The van der Waals surface area contributed by atoms with Crippen molar-refractivity contribution in [3.63, 3.8) is 0 Å². The Hall–Kier alpha value is -0.860. The van der Waals surface area contributed by atoms with Gasteiger partial charge in [0, 0.05) is 17.9 Å². The molecule has 0 unspecified atom stereocenters. The molecule has 0 aliphatic heterocycles. The topological polar surface area (TPSA) is 23.5 Å². The summed E-state index contributed by atoms with van der Waals surface area (Å²) in [6, 6.07) is 7.56. The first kappa shape index (κ1) is 9.95. The van der Waals surface area contributed by atoms with Gasteiger partial charge in [0.25, 0.3) is 0 Å². The van der Waals surface area contributed by atoms with Gasteiger partial charge in [-0.1, -0.05) is 49.1 Å². The van der Waals surface area contributed by atoms with Crippen LogP contribution in [0.3, 0.4) is 0 Å². The van der Waals surface area contributed by atoms with Gasteiger partial charge in [0.05, 0.1) is 5.60 Å². The second-order valence-corrected chi connectivity index (χ2v) is 5.75. The lowest BCUT2D eigenvalue weighted by Gasteiger charge is -2.40. The summed E-state index contributed by atoms with van der Waals surface area (Å²) in [4.78, 5) is 1.09. The fourth-order valence-electron chi connectivity index (χ4n) is 2.92. The highest BCUT2D eigenvalue weighted by Gasteiger charge is 2.38. The van der Waals surface area contributed by atoms with E-state index >= 15 is 0 Å². The lowest BCUT2D eigenvalue weighted by atomic mass is 9.72. The number of hydrogen-bond donors (Lipinski definition) is 1. The predicted molar refractivity (Wildman–Crippen MR) is 80.5 cm³/mol. The molecule has 19 heavy (non-hydrogen) atoms. The molecule has 1 aliphatic carbocycles. The highest BCUT2D eigenvalue weighted by atomic mass is 16.3. The molecule has 1 aliphatic rings. The molecule has 2 heteroatoms. The molecule has 1 saturated carbocycles. The Balaban J connectivity index is 2.48. The molecule has 0 aromatic heterocycles. The Morgan fingerprint density at radius 2 is 1.95 bits per heavy atom. The van der Waals surface area contributed by atoms with Crippen LogP contribution in [-0.4, -0.2) is 36.2 Å². The molecule has 2 rings (SSSR count). The predicted octanol–water partition coefficient (Wildman–Crippen LogP) is 3.34. The number of likely N-dealkylation sites (N-methyl/N-ethyl adjacent to an activating group) is 1. The van der Waals surface area contributed by atoms with Gasteiger partial charge in [0.2, 0.25) is 0 Å². The zero-order valence-electron chi connectivity index (χ0n) is 15.9. The highest BCUT2D eigenvalue weighted by Crippen LogP contribution is 2.40. The molecule has 0 radical (unpaired) electrons. The van der Waals surface area contributed by atoms with Gasteiger partial charge >= 0.3 is 0 Å². The van der Waals surface area contributed by atoms with E-state index in [9.17, 15) is 5.11 Å². The summed E-state index contributed by atoms with van der Waals surface area (Å²) in [5.41, 5.74) is 0.675. The van der Waals surface area contributed by atoms with Crippen molar-refractivity contribution >= 4 is 0 Å². The van der Waals surface area contributed by atoms with Crippen LogP contribution < -0.4 is 0 Å². The molecule has 1 N–H and O–H groups in total. The van der Waals surface area contributed by atoms with Gasteiger partial charge in [-0.3, -0.25) is 0 Å². The van der Waals surface area contributed by atoms with Crippen molar-refractivity contribution in [1.29, 1.82) is 0 Å². The number of benzene rings is 1. The normalized spacial score (nSPS) is 24.5. The van der Waals surface area contributed by atoms with Crippen LogP contribution in [-0.2, 0) is 0 Å². The van der Waals surface area contributed by atoms with Gasteiger partial charge in [-0.2, -0.15) is 0 Å². The van der Waals surface area contributed by atoms with Crippen molar-refractivity contribution in [3.05, 3.63) is 35.4 Å². The molecule has 0 bridgehead atoms. The summed E-state index contributed by atoms with van der Waals surface area (Å²) in [6.45, 7) is -1.43. The number of aryl methyl sites for hydroxylation is 1. The van der Waals surface area contributed by atoms with Gasteiger partial charge in [0.15, 0.2) is 0 Å². The van der Waals surface area contributed by atoms with Crippen molar-refractivity contribution in [1.82, 2.24) is 4.90 Å². The SMILES string of the molecule is [2H]C([2H])N(C)C([2H])([2H])[C@@H](c1ccc(C)cc1)C1(O)CCCCC1. The first-order valence-electron chi connectivity index (χ1n) is 9.20. The second kappa shape index (κ2) is 6.06. The Kier molecular flexibility index (Phi) is 3.18. The fourth-order valence-corrected chi connectivity index (χ4v) is 2.92. The summed E-state index contributed by atoms with van der Waals surface area (Å²) >= 11 is 0. The quantitative estimate of drug-likeness (QED) is 0.902. The fraction of sp³-hybridized carbons (Fsp3) is 0.647. The lowest BCUT2D eigenvalue weighted by Crippen LogP contribution is -2.42. The van der Waals surface area contributed by atoms with E-state index in [1.807, 2.05) is 31.2 Å². The van der Waals surface area contributed by atoms with E-state index in [0.29, 0.717) is 12.8 Å². The number of hydrogen-bond acceptors (Lipinski definition) is 2. The first-order valence-corrected chi connectivity index (χ1v) is 7.05. The van der Waals surface area contributed by atoms with Gasteiger partial charge < -0.3 is 10.0 Å². The Morgan fingerprint density at radius 3 is 2.53 bits per heavy atom. The third-order valence-corrected chi connectivity index (χ3v) is 4.00. The maximum atomic E-state index is 11.2. The standard InChI is InChI=1S/C17H27NO/c1-14-7-9-15(10-8-14)16(13-18(2)3)17(19)11-5-4-6-12-17/h7-10,16,19H,4-6,11-13H2,1-3H3/t16-/m0/s1/i2D2,13D2. The average molecular weight is 265 g/mol. The van der Waals surface area contributed by atoms with Crippen LogP contribution in [0.25, 0.3) is 0 Å². The molecular weight excluding hydrogens is 234 g/mol. The van der Waals surface area contributed by atoms with E-state index in [1.54, 1.807) is 0 Å². The van der Waals surface area contributed by atoms with Gasteiger partial charge in [-0.05, 0) is 39.4 Å². The van der Waals surface area contributed by atoms with Crippen molar-refractivity contribution in [2.75, 3.05) is 20.5 Å². The molecule has 106 valence electrons. The van der Waals surface area contributed by atoms with E-state index in [1.165, 1.54) is 7.05 Å². The minimum absolute atomic E-state index is 0.555. The van der Waals surface area contributed by atoms with E-state index in [4.69, 9.17) is 5.48 Å². The summed E-state index contributed by atoms with van der Waals surface area (Å²) in [7, 11) is 1.44. The third-order valence-electron chi connectivity index (χ3n) is 4.00. The summed E-state index contributed by atoms with van der Waals surface area (Å²) in [6.07, 6.45) is 3.92. The summed E-state index contributed by atoms with van der Waals surface area (Å²) in [5, 5.41) is 11.2. The van der Waals surface area contributed by atoms with E-state index < -0.39 is 25.0 Å². The van der Waals surface area contributed by atoms with Crippen LogP contribution in [0, 0.1) is 6.92 Å². The summed E-state index contributed by atoms with van der Waals surface area (Å²) < 4.78 is 32.3. The zero-order valence-corrected chi connectivity index (χ0v) is 11.9. The molecule has 2 nitrogen and oxygen atoms in total. The number of aliphatic hydroxyl groups is 1. The Bertz CT molecular complexity index is 512. The number of nitrogens with zero attached hydrogens (tertiary/aromatic N) is 1. The minimum Gasteiger partial charge on any atom is -0.389 e. The molecule has 0 saturated heterocycles. The van der Waals surface area contributed by atoms with Crippen LogP contribution in [0.15, 0.2) is 24.3 Å². The second-order valence-electron chi connectivity index (χ2n) is 5.75. The van der Waals surface area contributed by atoms with E-state index in [2.05, 4.69) is 0 Å². The van der Waals surface area contributed by atoms with E-state index in [0.717, 1.165) is 35.3 Å². The maximum Gasteiger partial charge on any atom is 0.0728 e. The number of rotatable bonds is 4. The van der Waals surface area contributed by atoms with Crippen LogP contribution in [0.1, 0.15) is 54.6 Å². The van der Waals surface area contributed by atoms with Crippen LogP contribution in [0.5, 0.6) is 0 Å². The molecule has 1 aromatic rings. The van der Waals surface area contributed by atoms with Gasteiger partial charge in [0.1, 0.15) is 0 Å². The van der Waals surface area contributed by atoms with Gasteiger partial charge in [-0.15, -0.1) is 0 Å². The molecule has 1 aromatic carbocycles. The third kappa shape index (κ3) is 3.58. The zero-order chi connectivity index (χ0) is 17.3. The molecule has 1 fully saturated rings. The van der Waals surface area contributed by atoms with Crippen molar-refractivity contribution in [3.8, 4) is 0 Å². The van der Waals surface area contributed by atoms with Crippen molar-refractivity contribution in [2.45, 2.75) is 50.5 Å². The lowest BCUT2D eigenvalue weighted by molar-refractivity contribution is -0.0277. The van der Waals surface area contributed by atoms with Crippen molar-refractivity contribution < 1.29 is 10.6 Å².